The number of benzene rings is 1. The van der Waals surface area contributed by atoms with Gasteiger partial charge in [0.1, 0.15) is 5.82 Å². The maximum Gasteiger partial charge on any atom is 0.134 e. The Balaban J connectivity index is 2.05. The van der Waals surface area contributed by atoms with E-state index in [0.717, 1.165) is 36.4 Å². The summed E-state index contributed by atoms with van der Waals surface area (Å²) in [6.45, 7) is 1.60. The number of aromatic nitrogens is 2. The lowest BCUT2D eigenvalue weighted by Crippen LogP contribution is -2.03. The van der Waals surface area contributed by atoms with E-state index in [0.29, 0.717) is 5.92 Å². The Morgan fingerprint density at radius 2 is 2.20 bits per heavy atom. The first kappa shape index (κ1) is 8.80. The van der Waals surface area contributed by atoms with Gasteiger partial charge in [-0.2, -0.15) is 0 Å². The molecule has 1 saturated heterocycles. The summed E-state index contributed by atoms with van der Waals surface area (Å²) in [7, 11) is 0. The summed E-state index contributed by atoms with van der Waals surface area (Å²) in [4.78, 5) is 8.96. The predicted molar refractivity (Wildman–Crippen MR) is 57.7 cm³/mol. The van der Waals surface area contributed by atoms with Crippen molar-refractivity contribution in [3.8, 4) is 0 Å². The maximum atomic E-state index is 5.34. The molecule has 1 aliphatic heterocycles. The minimum atomic E-state index is 0.384. The van der Waals surface area contributed by atoms with Crippen LogP contribution in [-0.4, -0.2) is 23.2 Å². The SMILES string of the molecule is c1ccc2nc(C3CCOC3)ncc2c1. The van der Waals surface area contributed by atoms with Crippen LogP contribution in [0.3, 0.4) is 0 Å². The highest BCUT2D eigenvalue weighted by Gasteiger charge is 2.20. The lowest BCUT2D eigenvalue weighted by Gasteiger charge is -2.06. The fourth-order valence-corrected chi connectivity index (χ4v) is 1.92. The Bertz CT molecular complexity index is 478. The van der Waals surface area contributed by atoms with Gasteiger partial charge < -0.3 is 4.74 Å². The smallest absolute Gasteiger partial charge is 0.134 e. The van der Waals surface area contributed by atoms with E-state index in [9.17, 15) is 0 Å². The number of ether oxygens (including phenoxy) is 1. The summed E-state index contributed by atoms with van der Waals surface area (Å²) in [6.07, 6.45) is 2.94. The largest absolute Gasteiger partial charge is 0.381 e. The summed E-state index contributed by atoms with van der Waals surface area (Å²) >= 11 is 0. The van der Waals surface area contributed by atoms with Crippen LogP contribution in [0.25, 0.3) is 10.9 Å². The van der Waals surface area contributed by atoms with Crippen LogP contribution in [0.4, 0.5) is 0 Å². The fourth-order valence-electron chi connectivity index (χ4n) is 1.92. The van der Waals surface area contributed by atoms with Crippen molar-refractivity contribution in [3.05, 3.63) is 36.3 Å². The molecule has 2 aromatic rings. The summed E-state index contributed by atoms with van der Waals surface area (Å²) < 4.78 is 5.34. The van der Waals surface area contributed by atoms with Crippen molar-refractivity contribution < 1.29 is 4.74 Å². The summed E-state index contributed by atoms with van der Waals surface area (Å²) in [5, 5.41) is 1.10. The van der Waals surface area contributed by atoms with E-state index in [1.807, 2.05) is 30.5 Å². The third-order valence-corrected chi connectivity index (χ3v) is 2.80. The maximum absolute atomic E-state index is 5.34. The Labute approximate surface area is 88.1 Å². The zero-order valence-electron chi connectivity index (χ0n) is 8.39. The molecule has 0 amide bonds. The van der Waals surface area contributed by atoms with Crippen molar-refractivity contribution in [1.82, 2.24) is 9.97 Å². The normalized spacial score (nSPS) is 20.9. The second-order valence-electron chi connectivity index (χ2n) is 3.85. The predicted octanol–water partition coefficient (Wildman–Crippen LogP) is 2.13. The van der Waals surface area contributed by atoms with Crippen molar-refractivity contribution >= 4 is 10.9 Å². The van der Waals surface area contributed by atoms with Gasteiger partial charge in [-0.15, -0.1) is 0 Å². The number of para-hydroxylation sites is 1. The minimum absolute atomic E-state index is 0.384. The molecule has 0 N–H and O–H groups in total. The van der Waals surface area contributed by atoms with Crippen molar-refractivity contribution in [2.24, 2.45) is 0 Å². The zero-order chi connectivity index (χ0) is 10.1. The lowest BCUT2D eigenvalue weighted by atomic mass is 10.1. The van der Waals surface area contributed by atoms with Gasteiger partial charge in [-0.25, -0.2) is 9.97 Å². The molecule has 0 aliphatic carbocycles. The molecule has 76 valence electrons. The number of nitrogens with zero attached hydrogens (tertiary/aromatic N) is 2. The number of hydrogen-bond donors (Lipinski definition) is 0. The van der Waals surface area contributed by atoms with Crippen molar-refractivity contribution in [3.63, 3.8) is 0 Å². The average molecular weight is 200 g/mol. The van der Waals surface area contributed by atoms with E-state index in [1.165, 1.54) is 0 Å². The Kier molecular flexibility index (Phi) is 2.10. The van der Waals surface area contributed by atoms with Gasteiger partial charge in [0.25, 0.3) is 0 Å². The summed E-state index contributed by atoms with van der Waals surface area (Å²) in [5.74, 6) is 1.31. The van der Waals surface area contributed by atoms with Gasteiger partial charge in [-0.1, -0.05) is 18.2 Å². The molecule has 0 radical (unpaired) electrons. The molecule has 3 rings (SSSR count). The zero-order valence-corrected chi connectivity index (χ0v) is 8.39. The van der Waals surface area contributed by atoms with Gasteiger partial charge in [0.2, 0.25) is 0 Å². The fraction of sp³-hybridized carbons (Fsp3) is 0.333. The van der Waals surface area contributed by atoms with Gasteiger partial charge in [0, 0.05) is 24.1 Å². The molecule has 0 spiro atoms. The van der Waals surface area contributed by atoms with Crippen LogP contribution >= 0.6 is 0 Å². The highest BCUT2D eigenvalue weighted by molar-refractivity contribution is 5.77. The van der Waals surface area contributed by atoms with E-state index in [2.05, 4.69) is 9.97 Å². The molecule has 15 heavy (non-hydrogen) atoms. The quantitative estimate of drug-likeness (QED) is 0.707. The molecular weight excluding hydrogens is 188 g/mol. The molecule has 1 aromatic heterocycles. The Hall–Kier alpha value is -1.48. The highest BCUT2D eigenvalue weighted by atomic mass is 16.5. The van der Waals surface area contributed by atoms with Crippen molar-refractivity contribution in [2.75, 3.05) is 13.2 Å². The molecule has 0 bridgehead atoms. The van der Waals surface area contributed by atoms with Crippen LogP contribution < -0.4 is 0 Å². The van der Waals surface area contributed by atoms with Crippen LogP contribution in [0, 0.1) is 0 Å². The number of rotatable bonds is 1. The topological polar surface area (TPSA) is 35.0 Å². The third-order valence-electron chi connectivity index (χ3n) is 2.80. The van der Waals surface area contributed by atoms with Crippen LogP contribution in [-0.2, 0) is 4.74 Å². The molecule has 0 saturated carbocycles. The first-order valence-electron chi connectivity index (χ1n) is 5.23. The van der Waals surface area contributed by atoms with Crippen molar-refractivity contribution in [2.45, 2.75) is 12.3 Å². The van der Waals surface area contributed by atoms with E-state index >= 15 is 0 Å². The molecule has 1 unspecified atom stereocenters. The first-order valence-corrected chi connectivity index (χ1v) is 5.23. The lowest BCUT2D eigenvalue weighted by molar-refractivity contribution is 0.193. The molecule has 1 fully saturated rings. The van der Waals surface area contributed by atoms with Crippen LogP contribution in [0.5, 0.6) is 0 Å². The van der Waals surface area contributed by atoms with Crippen LogP contribution in [0.15, 0.2) is 30.5 Å². The van der Waals surface area contributed by atoms with E-state index < -0.39 is 0 Å². The summed E-state index contributed by atoms with van der Waals surface area (Å²) in [5.41, 5.74) is 1.02. The first-order chi connectivity index (χ1) is 7.43. The van der Waals surface area contributed by atoms with E-state index in [-0.39, 0.29) is 0 Å². The third kappa shape index (κ3) is 1.59. The monoisotopic (exact) mass is 200 g/mol. The van der Waals surface area contributed by atoms with Gasteiger partial charge in [0.15, 0.2) is 0 Å². The molecule has 1 atom stereocenters. The summed E-state index contributed by atoms with van der Waals surface area (Å²) in [6, 6.07) is 8.06. The average Bonchev–Trinajstić information content (AvgIpc) is 2.82. The van der Waals surface area contributed by atoms with E-state index in [4.69, 9.17) is 4.74 Å². The second kappa shape index (κ2) is 3.59. The molecule has 1 aliphatic rings. The van der Waals surface area contributed by atoms with E-state index in [1.54, 1.807) is 0 Å². The molecule has 3 nitrogen and oxygen atoms in total. The Morgan fingerprint density at radius 3 is 3.07 bits per heavy atom. The highest BCUT2D eigenvalue weighted by Crippen LogP contribution is 2.23. The standard InChI is InChI=1S/C12H12N2O/c1-2-4-11-9(3-1)7-13-12(14-11)10-5-6-15-8-10/h1-4,7,10H,5-6,8H2. The number of fused-ring (bicyclic) bond motifs is 1. The second-order valence-corrected chi connectivity index (χ2v) is 3.85. The van der Waals surface area contributed by atoms with Crippen LogP contribution in [0.1, 0.15) is 18.2 Å². The van der Waals surface area contributed by atoms with Gasteiger partial charge in [0.05, 0.1) is 12.1 Å². The number of hydrogen-bond acceptors (Lipinski definition) is 3. The van der Waals surface area contributed by atoms with Gasteiger partial charge in [-0.05, 0) is 12.5 Å². The molecular formula is C12H12N2O. The molecule has 2 heterocycles. The Morgan fingerprint density at radius 1 is 1.27 bits per heavy atom. The molecule has 1 aromatic carbocycles. The minimum Gasteiger partial charge on any atom is -0.381 e. The van der Waals surface area contributed by atoms with Gasteiger partial charge in [-0.3, -0.25) is 0 Å². The molecule has 3 heteroatoms. The van der Waals surface area contributed by atoms with Crippen molar-refractivity contribution in [1.29, 1.82) is 0 Å². The van der Waals surface area contributed by atoms with Crippen LogP contribution in [0.2, 0.25) is 0 Å². The van der Waals surface area contributed by atoms with Gasteiger partial charge >= 0.3 is 0 Å².